The molecular formula is C10H10FNO. The van der Waals surface area contributed by atoms with E-state index >= 15 is 0 Å². The van der Waals surface area contributed by atoms with Gasteiger partial charge in [0.1, 0.15) is 5.82 Å². The molecule has 0 saturated carbocycles. The zero-order valence-corrected chi connectivity index (χ0v) is 7.33. The Hall–Kier alpha value is -1.64. The standard InChI is InChI=1S/C10H10FNO/c1-8(12-7-13-2)9-3-5-10(11)6-4-9/h3-7H,1H2,2H3/b12-7-. The van der Waals surface area contributed by atoms with Crippen molar-refractivity contribution in [2.45, 2.75) is 0 Å². The highest BCUT2D eigenvalue weighted by molar-refractivity contribution is 5.69. The third-order valence-electron chi connectivity index (χ3n) is 1.49. The van der Waals surface area contributed by atoms with Crippen LogP contribution in [0.4, 0.5) is 4.39 Å². The lowest BCUT2D eigenvalue weighted by Gasteiger charge is -1.98. The van der Waals surface area contributed by atoms with Gasteiger partial charge in [-0.25, -0.2) is 9.38 Å². The molecule has 0 unspecified atom stereocenters. The van der Waals surface area contributed by atoms with Gasteiger partial charge in [0.2, 0.25) is 0 Å². The third-order valence-corrected chi connectivity index (χ3v) is 1.49. The molecule has 0 bridgehead atoms. The Morgan fingerprint density at radius 2 is 2.08 bits per heavy atom. The van der Waals surface area contributed by atoms with E-state index in [-0.39, 0.29) is 5.82 Å². The van der Waals surface area contributed by atoms with Crippen LogP contribution >= 0.6 is 0 Å². The monoisotopic (exact) mass is 179 g/mol. The minimum absolute atomic E-state index is 0.271. The molecule has 13 heavy (non-hydrogen) atoms. The molecule has 2 nitrogen and oxygen atoms in total. The molecule has 0 fully saturated rings. The lowest BCUT2D eigenvalue weighted by Crippen LogP contribution is -1.82. The van der Waals surface area contributed by atoms with Crippen LogP contribution in [0.25, 0.3) is 5.70 Å². The molecule has 0 amide bonds. The van der Waals surface area contributed by atoms with Gasteiger partial charge in [0.15, 0.2) is 6.40 Å². The lowest BCUT2D eigenvalue weighted by molar-refractivity contribution is 0.423. The second-order valence-electron chi connectivity index (χ2n) is 2.42. The van der Waals surface area contributed by atoms with Crippen molar-refractivity contribution in [2.24, 2.45) is 4.99 Å². The molecule has 0 aliphatic carbocycles. The number of hydrogen-bond donors (Lipinski definition) is 0. The number of methoxy groups -OCH3 is 1. The van der Waals surface area contributed by atoms with Crippen molar-refractivity contribution in [3.63, 3.8) is 0 Å². The first-order valence-corrected chi connectivity index (χ1v) is 3.74. The largest absolute Gasteiger partial charge is 0.486 e. The molecule has 68 valence electrons. The molecule has 0 aliphatic heterocycles. The number of rotatable bonds is 3. The third kappa shape index (κ3) is 2.71. The van der Waals surface area contributed by atoms with Crippen molar-refractivity contribution in [1.82, 2.24) is 0 Å². The van der Waals surface area contributed by atoms with Gasteiger partial charge < -0.3 is 4.74 Å². The van der Waals surface area contributed by atoms with Crippen molar-refractivity contribution >= 4 is 12.1 Å². The second kappa shape index (κ2) is 4.40. The van der Waals surface area contributed by atoms with Crippen molar-refractivity contribution in [3.8, 4) is 0 Å². The predicted octanol–water partition coefficient (Wildman–Crippen LogP) is 2.47. The summed E-state index contributed by atoms with van der Waals surface area (Å²) in [6.07, 6.45) is 1.28. The number of benzene rings is 1. The maximum atomic E-state index is 12.5. The summed E-state index contributed by atoms with van der Waals surface area (Å²) in [5, 5.41) is 0. The van der Waals surface area contributed by atoms with E-state index in [9.17, 15) is 4.39 Å². The minimum atomic E-state index is -0.271. The highest BCUT2D eigenvalue weighted by Gasteiger charge is 1.95. The summed E-state index contributed by atoms with van der Waals surface area (Å²) >= 11 is 0. The second-order valence-corrected chi connectivity index (χ2v) is 2.42. The summed E-state index contributed by atoms with van der Waals surface area (Å²) < 4.78 is 17.1. The fourth-order valence-corrected chi connectivity index (χ4v) is 0.833. The first-order chi connectivity index (χ1) is 6.24. The summed E-state index contributed by atoms with van der Waals surface area (Å²) in [5.41, 5.74) is 1.32. The van der Waals surface area contributed by atoms with Crippen LogP contribution in [-0.4, -0.2) is 13.5 Å². The van der Waals surface area contributed by atoms with Crippen LogP contribution in [0.2, 0.25) is 0 Å². The molecule has 1 aromatic carbocycles. The van der Waals surface area contributed by atoms with E-state index < -0.39 is 0 Å². The number of nitrogens with zero attached hydrogens (tertiary/aromatic N) is 1. The van der Waals surface area contributed by atoms with Gasteiger partial charge >= 0.3 is 0 Å². The Balaban J connectivity index is 2.78. The predicted molar refractivity (Wildman–Crippen MR) is 50.9 cm³/mol. The Kier molecular flexibility index (Phi) is 3.20. The van der Waals surface area contributed by atoms with Crippen LogP contribution in [0, 0.1) is 5.82 Å². The Bertz CT molecular complexity index is 316. The zero-order valence-electron chi connectivity index (χ0n) is 7.33. The van der Waals surface area contributed by atoms with E-state index in [1.54, 1.807) is 12.1 Å². The van der Waals surface area contributed by atoms with Gasteiger partial charge in [0, 0.05) is 0 Å². The van der Waals surface area contributed by atoms with Gasteiger partial charge in [-0.15, -0.1) is 0 Å². The molecule has 0 spiro atoms. The van der Waals surface area contributed by atoms with Crippen LogP contribution in [0.5, 0.6) is 0 Å². The maximum Gasteiger partial charge on any atom is 0.174 e. The van der Waals surface area contributed by atoms with Gasteiger partial charge in [-0.1, -0.05) is 6.58 Å². The summed E-state index contributed by atoms with van der Waals surface area (Å²) in [5.74, 6) is -0.271. The number of halogens is 1. The van der Waals surface area contributed by atoms with Crippen LogP contribution < -0.4 is 0 Å². The molecule has 1 aromatic rings. The zero-order chi connectivity index (χ0) is 9.68. The molecule has 0 saturated heterocycles. The van der Waals surface area contributed by atoms with Crippen molar-refractivity contribution in [1.29, 1.82) is 0 Å². The summed E-state index contributed by atoms with van der Waals surface area (Å²) in [6.45, 7) is 3.69. The quantitative estimate of drug-likeness (QED) is 0.516. The van der Waals surface area contributed by atoms with Crippen molar-refractivity contribution in [2.75, 3.05) is 7.11 Å². The fourth-order valence-electron chi connectivity index (χ4n) is 0.833. The first kappa shape index (κ1) is 9.45. The molecule has 0 radical (unpaired) electrons. The van der Waals surface area contributed by atoms with Gasteiger partial charge in [0.25, 0.3) is 0 Å². The highest BCUT2D eigenvalue weighted by atomic mass is 19.1. The van der Waals surface area contributed by atoms with E-state index in [1.165, 1.54) is 25.6 Å². The molecule has 1 rings (SSSR count). The average Bonchev–Trinajstić information content (AvgIpc) is 2.15. The molecule has 0 aliphatic rings. The molecule has 0 atom stereocenters. The summed E-state index contributed by atoms with van der Waals surface area (Å²) in [6, 6.07) is 5.96. The SMILES string of the molecule is C=C(/N=C\OC)c1ccc(F)cc1. The van der Waals surface area contributed by atoms with Crippen molar-refractivity contribution < 1.29 is 9.13 Å². The van der Waals surface area contributed by atoms with E-state index in [0.717, 1.165) is 5.56 Å². The van der Waals surface area contributed by atoms with E-state index in [0.29, 0.717) is 5.70 Å². The average molecular weight is 179 g/mol. The van der Waals surface area contributed by atoms with E-state index in [4.69, 9.17) is 0 Å². The van der Waals surface area contributed by atoms with Crippen LogP contribution in [-0.2, 0) is 4.74 Å². The molecule has 0 heterocycles. The lowest BCUT2D eigenvalue weighted by atomic mass is 10.2. The van der Waals surface area contributed by atoms with Gasteiger partial charge in [0.05, 0.1) is 12.8 Å². The molecule has 3 heteroatoms. The molecule has 0 N–H and O–H groups in total. The van der Waals surface area contributed by atoms with Crippen LogP contribution in [0.3, 0.4) is 0 Å². The normalized spacial score (nSPS) is 10.3. The summed E-state index contributed by atoms with van der Waals surface area (Å²) in [7, 11) is 1.50. The number of aliphatic imine (C=N–C) groups is 1. The van der Waals surface area contributed by atoms with Gasteiger partial charge in [-0.2, -0.15) is 0 Å². The van der Waals surface area contributed by atoms with Gasteiger partial charge in [-0.05, 0) is 29.8 Å². The van der Waals surface area contributed by atoms with Crippen LogP contribution in [0.1, 0.15) is 5.56 Å². The van der Waals surface area contributed by atoms with E-state index in [1.807, 2.05) is 0 Å². The van der Waals surface area contributed by atoms with Gasteiger partial charge in [-0.3, -0.25) is 0 Å². The fraction of sp³-hybridized carbons (Fsp3) is 0.100. The minimum Gasteiger partial charge on any atom is -0.486 e. The van der Waals surface area contributed by atoms with Crippen LogP contribution in [0.15, 0.2) is 35.8 Å². The smallest absolute Gasteiger partial charge is 0.174 e. The molecule has 0 aromatic heterocycles. The first-order valence-electron chi connectivity index (χ1n) is 3.74. The Morgan fingerprint density at radius 3 is 2.62 bits per heavy atom. The maximum absolute atomic E-state index is 12.5. The Morgan fingerprint density at radius 1 is 1.46 bits per heavy atom. The number of ether oxygens (including phenoxy) is 1. The number of hydrogen-bond acceptors (Lipinski definition) is 2. The highest BCUT2D eigenvalue weighted by Crippen LogP contribution is 2.13. The van der Waals surface area contributed by atoms with Crippen molar-refractivity contribution in [3.05, 3.63) is 42.2 Å². The topological polar surface area (TPSA) is 21.6 Å². The Labute approximate surface area is 76.4 Å². The molecular weight excluding hydrogens is 169 g/mol. The van der Waals surface area contributed by atoms with E-state index in [2.05, 4.69) is 16.3 Å². The summed E-state index contributed by atoms with van der Waals surface area (Å²) in [4.78, 5) is 3.88.